The number of halogens is 2. The lowest BCUT2D eigenvalue weighted by molar-refractivity contribution is -0.123. The molecule has 0 aliphatic carbocycles. The fourth-order valence-electron chi connectivity index (χ4n) is 1.94. The Morgan fingerprint density at radius 3 is 2.32 bits per heavy atom. The predicted molar refractivity (Wildman–Crippen MR) is 99.5 cm³/mol. The fourth-order valence-corrected chi connectivity index (χ4v) is 3.90. The maximum atomic E-state index is 12.6. The average molecular weight is 413 g/mol. The SMILES string of the molecule is CCN(CC)S(=O)(=O)c1cc(NC(=O)CNC(=O)CN)ccc1Cl.Cl. The second kappa shape index (κ2) is 10.6. The number of hydrogen-bond donors (Lipinski definition) is 3. The van der Waals surface area contributed by atoms with Gasteiger partial charge in [0.15, 0.2) is 0 Å². The van der Waals surface area contributed by atoms with Gasteiger partial charge < -0.3 is 16.4 Å². The third kappa shape index (κ3) is 6.44. The van der Waals surface area contributed by atoms with Crippen LogP contribution in [0.1, 0.15) is 13.8 Å². The van der Waals surface area contributed by atoms with Crippen molar-refractivity contribution in [1.82, 2.24) is 9.62 Å². The van der Waals surface area contributed by atoms with Gasteiger partial charge in [-0.2, -0.15) is 4.31 Å². The van der Waals surface area contributed by atoms with E-state index in [2.05, 4.69) is 10.6 Å². The lowest BCUT2D eigenvalue weighted by atomic mass is 10.3. The second-order valence-electron chi connectivity index (χ2n) is 4.76. The molecule has 0 heterocycles. The number of nitrogens with two attached hydrogens (primary N) is 1. The first-order chi connectivity index (χ1) is 11.3. The Hall–Kier alpha value is -1.39. The Balaban J connectivity index is 0.00000576. The Morgan fingerprint density at radius 1 is 1.20 bits per heavy atom. The molecule has 1 aromatic carbocycles. The summed E-state index contributed by atoms with van der Waals surface area (Å²) in [7, 11) is -3.76. The molecule has 1 aromatic rings. The van der Waals surface area contributed by atoms with E-state index in [-0.39, 0.29) is 41.1 Å². The van der Waals surface area contributed by atoms with Gasteiger partial charge in [-0.15, -0.1) is 12.4 Å². The van der Waals surface area contributed by atoms with E-state index in [0.717, 1.165) is 0 Å². The molecule has 142 valence electrons. The first-order valence-electron chi connectivity index (χ1n) is 7.32. The number of nitrogens with one attached hydrogen (secondary N) is 2. The highest BCUT2D eigenvalue weighted by atomic mass is 35.5. The van der Waals surface area contributed by atoms with Crippen LogP contribution in [0.3, 0.4) is 0 Å². The van der Waals surface area contributed by atoms with Gasteiger partial charge in [-0.05, 0) is 18.2 Å². The van der Waals surface area contributed by atoms with Crippen LogP contribution in [0.25, 0.3) is 0 Å². The molecule has 0 saturated heterocycles. The summed E-state index contributed by atoms with van der Waals surface area (Å²) < 4.78 is 26.4. The van der Waals surface area contributed by atoms with Crippen LogP contribution in [0.5, 0.6) is 0 Å². The Bertz CT molecular complexity index is 709. The van der Waals surface area contributed by atoms with Gasteiger partial charge in [-0.3, -0.25) is 9.59 Å². The molecule has 0 spiro atoms. The lowest BCUT2D eigenvalue weighted by Gasteiger charge is -2.19. The number of hydrogen-bond acceptors (Lipinski definition) is 5. The highest BCUT2D eigenvalue weighted by molar-refractivity contribution is 7.89. The zero-order chi connectivity index (χ0) is 18.3. The summed E-state index contributed by atoms with van der Waals surface area (Å²) in [6.07, 6.45) is 0. The largest absolute Gasteiger partial charge is 0.346 e. The summed E-state index contributed by atoms with van der Waals surface area (Å²) in [6.45, 7) is 3.56. The molecule has 0 fully saturated rings. The predicted octanol–water partition coefficient (Wildman–Crippen LogP) is 0.806. The van der Waals surface area contributed by atoms with Gasteiger partial charge in [-0.25, -0.2) is 8.42 Å². The van der Waals surface area contributed by atoms with Crippen LogP contribution in [0.15, 0.2) is 23.1 Å². The molecule has 1 rings (SSSR count). The molecule has 11 heteroatoms. The Kier molecular flexibility index (Phi) is 9.98. The van der Waals surface area contributed by atoms with Crippen molar-refractivity contribution in [2.75, 3.05) is 31.5 Å². The van der Waals surface area contributed by atoms with Crippen molar-refractivity contribution in [3.63, 3.8) is 0 Å². The summed E-state index contributed by atoms with van der Waals surface area (Å²) in [5.74, 6) is -0.976. The number of sulfonamides is 1. The lowest BCUT2D eigenvalue weighted by Crippen LogP contribution is -2.36. The maximum Gasteiger partial charge on any atom is 0.244 e. The van der Waals surface area contributed by atoms with Crippen LogP contribution in [0.2, 0.25) is 5.02 Å². The molecule has 0 bridgehead atoms. The molecule has 2 amide bonds. The molecule has 8 nitrogen and oxygen atoms in total. The molecule has 0 aliphatic rings. The molecule has 0 aliphatic heterocycles. The van der Waals surface area contributed by atoms with E-state index in [1.807, 2.05) is 0 Å². The number of anilines is 1. The molecule has 25 heavy (non-hydrogen) atoms. The van der Waals surface area contributed by atoms with Gasteiger partial charge in [0.05, 0.1) is 18.1 Å². The maximum absolute atomic E-state index is 12.6. The van der Waals surface area contributed by atoms with Crippen molar-refractivity contribution >= 4 is 51.5 Å². The second-order valence-corrected chi connectivity index (χ2v) is 7.08. The number of carbonyl (C=O) groups is 2. The molecule has 4 N–H and O–H groups in total. The van der Waals surface area contributed by atoms with Crippen LogP contribution in [-0.4, -0.2) is 50.7 Å². The van der Waals surface area contributed by atoms with E-state index in [1.165, 1.54) is 22.5 Å². The van der Waals surface area contributed by atoms with Crippen LogP contribution in [0, 0.1) is 0 Å². The van der Waals surface area contributed by atoms with E-state index < -0.39 is 21.8 Å². The summed E-state index contributed by atoms with van der Waals surface area (Å²) >= 11 is 6.01. The van der Waals surface area contributed by atoms with Gasteiger partial charge in [0.25, 0.3) is 0 Å². The standard InChI is InChI=1S/C14H21ClN4O4S.ClH/c1-3-19(4-2)24(22,23)12-7-10(5-6-11(12)15)18-14(21)9-17-13(20)8-16;/h5-7H,3-4,8-9,16H2,1-2H3,(H,17,20)(H,18,21);1H. The first-order valence-corrected chi connectivity index (χ1v) is 9.14. The van der Waals surface area contributed by atoms with Gasteiger partial charge >= 0.3 is 0 Å². The number of benzene rings is 1. The minimum absolute atomic E-state index is 0. The molecule has 0 radical (unpaired) electrons. The first kappa shape index (κ1) is 23.6. The zero-order valence-corrected chi connectivity index (χ0v) is 16.3. The summed E-state index contributed by atoms with van der Waals surface area (Å²) in [5.41, 5.74) is 5.38. The molecular formula is C14H22Cl2N4O4S. The number of carbonyl (C=O) groups excluding carboxylic acids is 2. The minimum Gasteiger partial charge on any atom is -0.346 e. The van der Waals surface area contributed by atoms with Gasteiger partial charge in [0, 0.05) is 18.8 Å². The monoisotopic (exact) mass is 412 g/mol. The average Bonchev–Trinajstić information content (AvgIpc) is 2.55. The van der Waals surface area contributed by atoms with Gasteiger partial charge in [-0.1, -0.05) is 25.4 Å². The highest BCUT2D eigenvalue weighted by Crippen LogP contribution is 2.27. The van der Waals surface area contributed by atoms with Gasteiger partial charge in [0.2, 0.25) is 21.8 Å². The number of amides is 2. The van der Waals surface area contributed by atoms with E-state index in [1.54, 1.807) is 13.8 Å². The Morgan fingerprint density at radius 2 is 1.80 bits per heavy atom. The fraction of sp³-hybridized carbons (Fsp3) is 0.429. The minimum atomic E-state index is -3.76. The molecule has 0 atom stereocenters. The van der Waals surface area contributed by atoms with Gasteiger partial charge in [0.1, 0.15) is 4.90 Å². The van der Waals surface area contributed by atoms with Crippen molar-refractivity contribution in [3.8, 4) is 0 Å². The van der Waals surface area contributed by atoms with E-state index >= 15 is 0 Å². The number of nitrogens with zero attached hydrogens (tertiary/aromatic N) is 1. The highest BCUT2D eigenvalue weighted by Gasteiger charge is 2.24. The Labute approximate surface area is 158 Å². The molecule has 0 saturated carbocycles. The van der Waals surface area contributed by atoms with E-state index in [4.69, 9.17) is 17.3 Å². The smallest absolute Gasteiger partial charge is 0.244 e. The van der Waals surface area contributed by atoms with Crippen molar-refractivity contribution in [2.24, 2.45) is 5.73 Å². The van der Waals surface area contributed by atoms with Crippen molar-refractivity contribution < 1.29 is 18.0 Å². The van der Waals surface area contributed by atoms with E-state index in [0.29, 0.717) is 13.1 Å². The number of rotatable bonds is 8. The summed E-state index contributed by atoms with van der Waals surface area (Å²) in [5, 5.41) is 4.88. The normalized spacial score (nSPS) is 10.9. The third-order valence-electron chi connectivity index (χ3n) is 3.17. The summed E-state index contributed by atoms with van der Waals surface area (Å²) in [4.78, 5) is 22.7. The van der Waals surface area contributed by atoms with Crippen molar-refractivity contribution in [2.45, 2.75) is 18.7 Å². The van der Waals surface area contributed by atoms with Crippen LogP contribution in [-0.2, 0) is 19.6 Å². The van der Waals surface area contributed by atoms with Crippen LogP contribution >= 0.6 is 24.0 Å². The topological polar surface area (TPSA) is 122 Å². The third-order valence-corrected chi connectivity index (χ3v) is 5.70. The van der Waals surface area contributed by atoms with E-state index in [9.17, 15) is 18.0 Å². The van der Waals surface area contributed by atoms with Crippen LogP contribution < -0.4 is 16.4 Å². The molecule has 0 unspecified atom stereocenters. The molecular weight excluding hydrogens is 391 g/mol. The van der Waals surface area contributed by atoms with Crippen molar-refractivity contribution in [3.05, 3.63) is 23.2 Å². The molecule has 0 aromatic heterocycles. The van der Waals surface area contributed by atoms with Crippen LogP contribution in [0.4, 0.5) is 5.69 Å². The zero-order valence-electron chi connectivity index (χ0n) is 13.9. The van der Waals surface area contributed by atoms with Crippen molar-refractivity contribution in [1.29, 1.82) is 0 Å². The quantitative estimate of drug-likeness (QED) is 0.582. The summed E-state index contributed by atoms with van der Waals surface area (Å²) in [6, 6.07) is 4.16.